The van der Waals surface area contributed by atoms with E-state index in [0.717, 1.165) is 14.7 Å². The number of aromatic nitrogens is 4. The standard InChI is InChI=1S/C100H135FN22O21S/c1-7-9-26-79-93(137)112-71(37-38-85(127)128)90(134)118-78(88(132)108-52-83(104)125)54-145-55-84(126)110-75(43-59-31-35-65(124)36-32-59)96(140)119(4)57(3)87(131)116-77(48-86(129)130)99(143)122-41-19-28-80(122)94(138)115-74(47-64-51-105-56-109-64)92(136)113-72(25-16-18-40-103)98(142)123-53-60(42-58-29-33-63(101)34-30-58)44-82(123)95(139)114-73(45-61-49-106-68-22-13-11-20-66(61)68)91(135)111-70(24-15-17-39-102)89(133)117-76(46-62-50-107-69-23-14-12-21-67(62)69)97(141)121(6)81(27-10-8-2)100(144)120(79)5/h11-14,20-23,29-36,49-51,56-57,60,70-82,106-107,124H,7-10,15-19,24-28,37-48,52-55,102-103H2,1-6H3,(H2,104,125)(H,105,109)(H,108,132)(H,110,126)(H,111,135)(H,112,137)(H,113,136)(H,114,139)(H,115,138)(H,116,131)(H,117,133)(H,118,134)(H,127,128)(H,129,130)/t57-,60+,70-,71-,72-,73-,74-,75-,76-,77-,78-,79-,80-,81-,82-/m0/s1. The highest BCUT2D eigenvalue weighted by Crippen LogP contribution is 2.32. The van der Waals surface area contributed by atoms with E-state index in [1.54, 1.807) is 80.0 Å². The van der Waals surface area contributed by atoms with Crippen LogP contribution in [0.5, 0.6) is 5.75 Å². The van der Waals surface area contributed by atoms with E-state index in [4.69, 9.17) is 17.2 Å². The second-order valence-electron chi connectivity index (χ2n) is 37.1. The number of unbranched alkanes of at least 4 members (excludes halogenated alkanes) is 4. The molecule has 22 N–H and O–H groups in total. The smallest absolute Gasteiger partial charge is 0.305 e. The Morgan fingerprint density at radius 1 is 0.497 bits per heavy atom. The highest BCUT2D eigenvalue weighted by atomic mass is 32.2. The Hall–Kier alpha value is -14.4. The quantitative estimate of drug-likeness (QED) is 0.0263. The van der Waals surface area contributed by atoms with Crippen LogP contribution in [0.4, 0.5) is 4.39 Å². The van der Waals surface area contributed by atoms with Crippen molar-refractivity contribution in [1.29, 1.82) is 0 Å². The van der Waals surface area contributed by atoms with E-state index in [1.807, 2.05) is 6.92 Å². The summed E-state index contributed by atoms with van der Waals surface area (Å²) < 4.78 is 14.6. The molecule has 3 aliphatic heterocycles. The van der Waals surface area contributed by atoms with Crippen LogP contribution in [0.25, 0.3) is 21.8 Å². The van der Waals surface area contributed by atoms with Gasteiger partial charge in [0.15, 0.2) is 0 Å². The zero-order chi connectivity index (χ0) is 105. The van der Waals surface area contributed by atoms with Crippen LogP contribution in [0.3, 0.4) is 0 Å². The van der Waals surface area contributed by atoms with Gasteiger partial charge in [-0.3, -0.25) is 86.3 Å². The van der Waals surface area contributed by atoms with Crippen LogP contribution in [0.2, 0.25) is 0 Å². The average molecular weight is 2030 g/mol. The summed E-state index contributed by atoms with van der Waals surface area (Å²) >= 11 is 0.703. The number of carbonyl (C=O) groups excluding carboxylic acids is 16. The molecule has 0 unspecified atom stereocenters. The second-order valence-corrected chi connectivity index (χ2v) is 38.2. The molecule has 0 aliphatic carbocycles. The lowest BCUT2D eigenvalue weighted by atomic mass is 9.96. The molecule has 784 valence electrons. The molecule has 4 aromatic carbocycles. The number of imidazole rings is 1. The van der Waals surface area contributed by atoms with Crippen LogP contribution < -0.4 is 70.4 Å². The largest absolute Gasteiger partial charge is 0.508 e. The maximum Gasteiger partial charge on any atom is 0.305 e. The number of carboxylic acids is 2. The predicted molar refractivity (Wildman–Crippen MR) is 533 cm³/mol. The number of nitrogens with zero attached hydrogens (tertiary/aromatic N) is 6. The number of primary amides is 1. The molecule has 145 heavy (non-hydrogen) atoms. The van der Waals surface area contributed by atoms with Crippen LogP contribution >= 0.6 is 11.8 Å². The predicted octanol–water partition coefficient (Wildman–Crippen LogP) is 1.13. The van der Waals surface area contributed by atoms with Crippen LogP contribution in [0, 0.1) is 11.7 Å². The Balaban J connectivity index is 1.06. The number of likely N-dealkylation sites (N-methyl/N-ethyl adjacent to an activating group) is 3. The van der Waals surface area contributed by atoms with E-state index in [1.165, 1.54) is 86.8 Å². The number of carbonyl (C=O) groups is 18. The fraction of sp³-hybridized carbons (Fsp3) is 0.510. The Labute approximate surface area is 842 Å². The molecule has 3 aliphatic rings. The monoisotopic (exact) mass is 2030 g/mol. The van der Waals surface area contributed by atoms with Crippen molar-refractivity contribution in [3.63, 3.8) is 0 Å². The average Bonchev–Trinajstić information content (AvgIpc) is 1.67. The maximum atomic E-state index is 16.1. The fourth-order valence-corrected chi connectivity index (χ4v) is 19.2. The number of carboxylic acid groups (broad SMARTS) is 2. The molecular weight excluding hydrogens is 1900 g/mol. The number of rotatable bonds is 32. The molecule has 0 radical (unpaired) electrons. The van der Waals surface area contributed by atoms with Crippen molar-refractivity contribution < 1.29 is 106 Å². The highest BCUT2D eigenvalue weighted by molar-refractivity contribution is 8.00. The first kappa shape index (κ1) is 113. The van der Waals surface area contributed by atoms with Crippen molar-refractivity contribution in [2.75, 3.05) is 65.4 Å². The lowest BCUT2D eigenvalue weighted by Gasteiger charge is -2.36. The molecule has 3 fully saturated rings. The van der Waals surface area contributed by atoms with Gasteiger partial charge < -0.3 is 125 Å². The van der Waals surface area contributed by atoms with Crippen LogP contribution in [-0.2, 0) is 118 Å². The van der Waals surface area contributed by atoms with Gasteiger partial charge >= 0.3 is 11.9 Å². The summed E-state index contributed by atoms with van der Waals surface area (Å²) in [5.74, 6) is -20.5. The first-order valence-electron chi connectivity index (χ1n) is 49.1. The molecular formula is C100H135FN22O21S. The summed E-state index contributed by atoms with van der Waals surface area (Å²) in [5, 5.41) is 58.9. The molecule has 3 saturated heterocycles. The number of phenolic OH excluding ortho intramolecular Hbond substituents is 1. The fourth-order valence-electron chi connectivity index (χ4n) is 18.3. The van der Waals surface area contributed by atoms with Crippen molar-refractivity contribution in [2.45, 2.75) is 253 Å². The van der Waals surface area contributed by atoms with E-state index < -0.39 is 240 Å². The van der Waals surface area contributed by atoms with Gasteiger partial charge in [-0.2, -0.15) is 0 Å². The van der Waals surface area contributed by atoms with Crippen molar-refractivity contribution in [1.82, 2.24) is 97.6 Å². The van der Waals surface area contributed by atoms with E-state index in [-0.39, 0.29) is 134 Å². The van der Waals surface area contributed by atoms with E-state index in [9.17, 15) is 58.1 Å². The zero-order valence-electron chi connectivity index (χ0n) is 82.3. The van der Waals surface area contributed by atoms with Crippen LogP contribution in [0.15, 0.2) is 122 Å². The summed E-state index contributed by atoms with van der Waals surface area (Å²) in [6.45, 7) is 4.06. The third kappa shape index (κ3) is 32.1. The van der Waals surface area contributed by atoms with Gasteiger partial charge in [-0.1, -0.05) is 100 Å². The molecule has 0 spiro atoms. The van der Waals surface area contributed by atoms with Crippen molar-refractivity contribution in [3.8, 4) is 5.75 Å². The molecule has 0 bridgehead atoms. The number of aromatic amines is 3. The normalized spacial score (nSPS) is 23.8. The second kappa shape index (κ2) is 54.9. The third-order valence-corrected chi connectivity index (χ3v) is 27.5. The molecule has 6 heterocycles. The van der Waals surface area contributed by atoms with Gasteiger partial charge in [0.1, 0.15) is 96.2 Å². The third-order valence-electron chi connectivity index (χ3n) is 26.5. The molecule has 15 atom stereocenters. The lowest BCUT2D eigenvalue weighted by Crippen LogP contribution is -2.61. The number of hydrogen-bond donors (Lipinski definition) is 19. The minimum absolute atomic E-state index is 0.0254. The lowest BCUT2D eigenvalue weighted by molar-refractivity contribution is -0.149. The number of para-hydroxylation sites is 2. The van der Waals surface area contributed by atoms with Crippen LogP contribution in [-0.4, -0.2) is 316 Å². The van der Waals surface area contributed by atoms with Crippen molar-refractivity contribution in [2.24, 2.45) is 23.1 Å². The number of halogens is 1. The Kier molecular flexibility index (Phi) is 42.6. The SMILES string of the molecule is CCCC[C@H]1C(=O)N(C)[C@@H](CCCC)C(=O)N[C@@H](CCC(=O)O)C(=O)N[C@H](C(=O)NCC(N)=O)CSCC(=O)N[C@@H](Cc2ccc(O)cc2)C(=O)N(C)[C@@H](C)C(=O)N[C@@H](CC(=O)O)C(=O)N2CCC[C@H]2C(=O)N[C@@H](Cc2c[nH]cn2)C(=O)N[C@@H](CCCCN)C(=O)N2C[C@H](Cc3ccc(F)cc3)C[C@H]2C(=O)N[C@@H](Cc2c[nH]c3ccccc23)C(=O)N[C@@H](CCCCN)C(=O)N[C@@H](Cc2c[nH]c3ccccc23)C(=O)N1C. The van der Waals surface area contributed by atoms with Gasteiger partial charge in [0.2, 0.25) is 94.5 Å². The zero-order valence-corrected chi connectivity index (χ0v) is 83.1. The maximum absolute atomic E-state index is 16.1. The minimum atomic E-state index is -1.93. The molecule has 0 saturated carbocycles. The summed E-state index contributed by atoms with van der Waals surface area (Å²) in [4.78, 5) is 286. The molecule has 45 heteroatoms. The Morgan fingerprint density at radius 3 is 1.61 bits per heavy atom. The molecule has 10 rings (SSSR count). The molecule has 16 amide bonds. The van der Waals surface area contributed by atoms with Gasteiger partial charge in [0.05, 0.1) is 30.7 Å². The number of nitrogens with one attached hydrogen (secondary N) is 13. The van der Waals surface area contributed by atoms with Gasteiger partial charge in [0.25, 0.3) is 0 Å². The number of H-pyrrole nitrogens is 3. The number of nitrogens with two attached hydrogens (primary N) is 3. The van der Waals surface area contributed by atoms with Gasteiger partial charge in [-0.05, 0) is 168 Å². The summed E-state index contributed by atoms with van der Waals surface area (Å²) in [7, 11) is 3.86. The molecule has 43 nitrogen and oxygen atoms in total. The van der Waals surface area contributed by atoms with Gasteiger partial charge in [-0.25, -0.2) is 9.37 Å². The summed E-state index contributed by atoms with van der Waals surface area (Å²) in [5.41, 5.74) is 21.2. The van der Waals surface area contributed by atoms with Crippen molar-refractivity contribution >= 4 is 140 Å². The first-order chi connectivity index (χ1) is 69.4. The Bertz CT molecular complexity index is 5690. The van der Waals surface area contributed by atoms with Crippen LogP contribution in [0.1, 0.15) is 164 Å². The van der Waals surface area contributed by atoms with Gasteiger partial charge in [0, 0.05) is 112 Å². The Morgan fingerprint density at radius 2 is 1.01 bits per heavy atom. The number of aliphatic carboxylic acids is 2. The first-order valence-corrected chi connectivity index (χ1v) is 50.3. The van der Waals surface area contributed by atoms with Gasteiger partial charge in [-0.15, -0.1) is 11.8 Å². The number of amides is 16. The summed E-state index contributed by atoms with van der Waals surface area (Å²) in [6.07, 6.45) is 4.93. The summed E-state index contributed by atoms with van der Waals surface area (Å²) in [6, 6.07) is 3.29. The molecule has 3 aromatic heterocycles. The number of aromatic hydroxyl groups is 1. The number of hydrogen-bond acceptors (Lipinski definition) is 23. The van der Waals surface area contributed by atoms with E-state index >= 15 is 47.9 Å². The van der Waals surface area contributed by atoms with Crippen molar-refractivity contribution in [3.05, 3.63) is 156 Å². The topological polar surface area (TPSA) is 643 Å². The molecule has 7 aromatic rings. The number of benzene rings is 4. The van der Waals surface area contributed by atoms with E-state index in [2.05, 4.69) is 73.1 Å². The highest BCUT2D eigenvalue weighted by Gasteiger charge is 2.47. The number of thioether (sulfide) groups is 1. The van der Waals surface area contributed by atoms with E-state index in [0.29, 0.717) is 87.9 Å². The number of fused-ring (bicyclic) bond motifs is 4. The minimum Gasteiger partial charge on any atom is -0.508 e. The number of phenols is 1.